The second-order valence-electron chi connectivity index (χ2n) is 20.0. The maximum Gasteiger partial charge on any atom is 0.326 e. The van der Waals surface area contributed by atoms with Gasteiger partial charge in [-0.2, -0.15) is 0 Å². The normalized spacial score (nSPS) is 18.3. The lowest BCUT2D eigenvalue weighted by Gasteiger charge is -2.32. The Hall–Kier alpha value is -7.39. The molecule has 28 heteroatoms. The molecule has 16 N–H and O–H groups in total. The SMILES string of the molecule is CC[C@H](C)[C@H](NC(=O)[C@H](CC(=O)O)NC(=O)[C@@H]1CCCN1C(=O)[C@@H](NC(=O)[C@H](CCC(=O)O)NC(=O)[C@H](Cc1cnc[nH]1)NC(=O)[C@H](CCCN=C(N)N)NC(=O)[C@@H]1CCCN1)C(C)C)C(=O)N[C@@H](CC(C)C)C(=O)O. The number of rotatable bonds is 32. The van der Waals surface area contributed by atoms with Crippen molar-refractivity contribution in [2.45, 2.75) is 173 Å². The van der Waals surface area contributed by atoms with Gasteiger partial charge in [0.25, 0.3) is 0 Å². The Balaban J connectivity index is 1.85. The van der Waals surface area contributed by atoms with Crippen molar-refractivity contribution in [3.63, 3.8) is 0 Å². The van der Waals surface area contributed by atoms with Crippen molar-refractivity contribution in [3.8, 4) is 0 Å². The van der Waals surface area contributed by atoms with Crippen LogP contribution in [0.2, 0.25) is 0 Å². The molecule has 3 heterocycles. The van der Waals surface area contributed by atoms with Gasteiger partial charge >= 0.3 is 17.9 Å². The first kappa shape index (κ1) is 62.9. The van der Waals surface area contributed by atoms with Crippen molar-refractivity contribution in [2.24, 2.45) is 34.2 Å². The number of aromatic amines is 1. The van der Waals surface area contributed by atoms with Crippen LogP contribution in [0.5, 0.6) is 0 Å². The number of nitrogens with two attached hydrogens (primary N) is 2. The molecule has 0 bridgehead atoms. The van der Waals surface area contributed by atoms with Crippen molar-refractivity contribution in [1.29, 1.82) is 0 Å². The number of carbonyl (C=O) groups excluding carboxylic acids is 8. The van der Waals surface area contributed by atoms with Crippen molar-refractivity contribution in [3.05, 3.63) is 18.2 Å². The zero-order chi connectivity index (χ0) is 56.8. The lowest BCUT2D eigenvalue weighted by atomic mass is 9.96. The topological polar surface area (TPSA) is 441 Å². The largest absolute Gasteiger partial charge is 0.481 e. The first-order valence-corrected chi connectivity index (χ1v) is 25.7. The summed E-state index contributed by atoms with van der Waals surface area (Å²) in [4.78, 5) is 159. The van der Waals surface area contributed by atoms with E-state index in [0.717, 1.165) is 11.3 Å². The number of hydrogen-bond acceptors (Lipinski definition) is 14. The van der Waals surface area contributed by atoms with Gasteiger partial charge in [-0.3, -0.25) is 52.9 Å². The van der Waals surface area contributed by atoms with Crippen LogP contribution in [-0.4, -0.2) is 175 Å². The molecular formula is C48H78N14O14. The fraction of sp³-hybridized carbons (Fsp3) is 0.688. The molecular weight excluding hydrogens is 997 g/mol. The van der Waals surface area contributed by atoms with Crippen LogP contribution in [0, 0.1) is 17.8 Å². The summed E-state index contributed by atoms with van der Waals surface area (Å²) in [5.74, 6) is -12.3. The maximum atomic E-state index is 14.4. The fourth-order valence-electron chi connectivity index (χ4n) is 8.67. The van der Waals surface area contributed by atoms with Gasteiger partial charge < -0.3 is 79.2 Å². The summed E-state index contributed by atoms with van der Waals surface area (Å²) in [6.45, 7) is 10.8. The number of carboxylic acids is 3. The van der Waals surface area contributed by atoms with E-state index in [2.05, 4.69) is 57.5 Å². The van der Waals surface area contributed by atoms with Crippen molar-refractivity contribution in [1.82, 2.24) is 57.4 Å². The van der Waals surface area contributed by atoms with E-state index in [1.165, 1.54) is 12.5 Å². The van der Waals surface area contributed by atoms with Gasteiger partial charge in [0, 0.05) is 37.8 Å². The Kier molecular flexibility index (Phi) is 25.5. The van der Waals surface area contributed by atoms with Crippen LogP contribution < -0.4 is 54.0 Å². The van der Waals surface area contributed by atoms with Gasteiger partial charge in [0.05, 0.1) is 18.8 Å². The van der Waals surface area contributed by atoms with Crippen molar-refractivity contribution >= 4 is 71.1 Å². The Morgan fingerprint density at radius 3 is 1.89 bits per heavy atom. The van der Waals surface area contributed by atoms with Gasteiger partial charge in [0.1, 0.15) is 48.3 Å². The number of aliphatic carboxylic acids is 3. The van der Waals surface area contributed by atoms with E-state index in [0.29, 0.717) is 25.1 Å². The molecule has 76 heavy (non-hydrogen) atoms. The molecule has 2 aliphatic heterocycles. The zero-order valence-corrected chi connectivity index (χ0v) is 44.0. The molecule has 3 rings (SSSR count). The second-order valence-corrected chi connectivity index (χ2v) is 20.0. The highest BCUT2D eigenvalue weighted by Gasteiger charge is 2.42. The van der Waals surface area contributed by atoms with E-state index >= 15 is 0 Å². The van der Waals surface area contributed by atoms with Gasteiger partial charge in [-0.15, -0.1) is 0 Å². The third-order valence-corrected chi connectivity index (χ3v) is 13.0. The second kappa shape index (κ2) is 30.8. The molecule has 1 aromatic rings. The monoisotopic (exact) mass is 1070 g/mol. The minimum absolute atomic E-state index is 0.00967. The third kappa shape index (κ3) is 20.4. The molecule has 0 spiro atoms. The Labute approximate surface area is 440 Å². The van der Waals surface area contributed by atoms with Crippen LogP contribution in [0.4, 0.5) is 0 Å². The number of amides is 8. The summed E-state index contributed by atoms with van der Waals surface area (Å²) in [6.07, 6.45) is 2.83. The minimum atomic E-state index is -1.76. The van der Waals surface area contributed by atoms with Crippen LogP contribution in [0.15, 0.2) is 17.5 Å². The number of aliphatic imine (C=N–C) groups is 1. The third-order valence-electron chi connectivity index (χ3n) is 13.0. The number of likely N-dealkylation sites (tertiary alicyclic amines) is 1. The summed E-state index contributed by atoms with van der Waals surface area (Å²) < 4.78 is 0. The predicted molar refractivity (Wildman–Crippen MR) is 272 cm³/mol. The molecule has 0 aromatic carbocycles. The molecule has 2 aliphatic rings. The summed E-state index contributed by atoms with van der Waals surface area (Å²) in [5, 5.41) is 50.0. The number of hydrogen-bond donors (Lipinski definition) is 14. The average molecular weight is 1080 g/mol. The molecule has 10 atom stereocenters. The van der Waals surface area contributed by atoms with Gasteiger partial charge in [0.15, 0.2) is 5.96 Å². The fourth-order valence-corrected chi connectivity index (χ4v) is 8.67. The van der Waals surface area contributed by atoms with Crippen LogP contribution in [0.25, 0.3) is 0 Å². The number of H-pyrrole nitrogens is 1. The molecule has 28 nitrogen and oxygen atoms in total. The number of nitrogens with one attached hydrogen (secondary N) is 9. The maximum absolute atomic E-state index is 14.4. The Morgan fingerprint density at radius 2 is 1.33 bits per heavy atom. The summed E-state index contributed by atoms with van der Waals surface area (Å²) >= 11 is 0. The van der Waals surface area contributed by atoms with Gasteiger partial charge in [-0.05, 0) is 75.7 Å². The first-order chi connectivity index (χ1) is 35.8. The average Bonchev–Trinajstić information content (AvgIpc) is 4.18. The summed E-state index contributed by atoms with van der Waals surface area (Å²) in [6, 6.07) is -11.8. The van der Waals surface area contributed by atoms with Gasteiger partial charge in [-0.1, -0.05) is 48.0 Å². The van der Waals surface area contributed by atoms with Crippen molar-refractivity contribution < 1.29 is 68.1 Å². The molecule has 2 saturated heterocycles. The highest BCUT2D eigenvalue weighted by Crippen LogP contribution is 2.22. The van der Waals surface area contributed by atoms with Crippen molar-refractivity contribution in [2.75, 3.05) is 19.6 Å². The Bertz CT molecular complexity index is 2220. The number of imidazole rings is 1. The molecule has 424 valence electrons. The molecule has 0 radical (unpaired) electrons. The Morgan fingerprint density at radius 1 is 0.724 bits per heavy atom. The van der Waals surface area contributed by atoms with Crippen LogP contribution in [-0.2, 0) is 59.2 Å². The van der Waals surface area contributed by atoms with E-state index in [-0.39, 0.29) is 63.5 Å². The number of aromatic nitrogens is 2. The lowest BCUT2D eigenvalue weighted by molar-refractivity contribution is -0.145. The standard InChI is InChI=1S/C48H78N14O14/c1-7-26(6)38(45(73)59-33(47(75)76)19-24(2)3)61-43(71)32(21-36(65)66)58-44(72)34-13-10-18-62(34)46(74)37(25(4)5)60-41(69)30(14-15-35(63)64)56-42(70)31(20-27-22-51-23-54-27)57-40(68)29(12-9-17-53-48(49)50)55-39(67)28-11-8-16-52-28/h22-26,28-34,37-38,52H,7-21H2,1-6H3,(H,51,54)(H,55,67)(H,56,70)(H,57,68)(H,58,72)(H,59,73)(H,60,69)(H,61,71)(H,63,64)(H,65,66)(H,75,76)(H4,49,50,53)/t26-,28-,29-,30-,31-,32-,33-,34-,37-,38-/m0/s1. The van der Waals surface area contributed by atoms with Crippen LogP contribution in [0.3, 0.4) is 0 Å². The molecule has 0 unspecified atom stereocenters. The van der Waals surface area contributed by atoms with Crippen LogP contribution >= 0.6 is 0 Å². The number of carbonyl (C=O) groups is 11. The van der Waals surface area contributed by atoms with Gasteiger partial charge in [0.2, 0.25) is 47.3 Å². The predicted octanol–water partition coefficient (Wildman–Crippen LogP) is -2.69. The highest BCUT2D eigenvalue weighted by molar-refractivity contribution is 5.99. The number of nitrogens with zero attached hydrogens (tertiary/aromatic N) is 3. The van der Waals surface area contributed by atoms with E-state index < -0.39 is 151 Å². The summed E-state index contributed by atoms with van der Waals surface area (Å²) in [7, 11) is 0. The first-order valence-electron chi connectivity index (χ1n) is 25.7. The van der Waals surface area contributed by atoms with E-state index in [9.17, 15) is 68.1 Å². The van der Waals surface area contributed by atoms with E-state index in [1.54, 1.807) is 41.5 Å². The van der Waals surface area contributed by atoms with E-state index in [1.807, 2.05) is 0 Å². The molecule has 8 amide bonds. The smallest absolute Gasteiger partial charge is 0.326 e. The molecule has 2 fully saturated rings. The van der Waals surface area contributed by atoms with Crippen LogP contribution in [0.1, 0.15) is 118 Å². The highest BCUT2D eigenvalue weighted by atomic mass is 16.4. The minimum Gasteiger partial charge on any atom is -0.481 e. The van der Waals surface area contributed by atoms with E-state index in [4.69, 9.17) is 11.5 Å². The summed E-state index contributed by atoms with van der Waals surface area (Å²) in [5.41, 5.74) is 11.3. The quantitative estimate of drug-likeness (QED) is 0.0199. The number of guanidine groups is 1. The zero-order valence-electron chi connectivity index (χ0n) is 44.0. The molecule has 1 aromatic heterocycles. The molecule has 0 aliphatic carbocycles. The molecule has 0 saturated carbocycles. The number of carboxylic acid groups (broad SMARTS) is 3. The van der Waals surface area contributed by atoms with Gasteiger partial charge in [-0.25, -0.2) is 9.78 Å². The lowest BCUT2D eigenvalue weighted by Crippen LogP contribution is -2.61.